The second-order valence-electron chi connectivity index (χ2n) is 4.88. The molecule has 0 saturated carbocycles. The summed E-state index contributed by atoms with van der Waals surface area (Å²) in [5, 5.41) is 10.1. The van der Waals surface area contributed by atoms with E-state index in [1.807, 2.05) is 13.0 Å². The van der Waals surface area contributed by atoms with E-state index in [4.69, 9.17) is 0 Å². The van der Waals surface area contributed by atoms with Crippen LogP contribution in [0.1, 0.15) is 51.2 Å². The summed E-state index contributed by atoms with van der Waals surface area (Å²) in [6, 6.07) is 8.97. The minimum Gasteiger partial charge on any atom is -0.388 e. The van der Waals surface area contributed by atoms with Crippen molar-refractivity contribution in [3.8, 4) is 0 Å². The first-order valence-corrected chi connectivity index (χ1v) is 6.81. The molecule has 2 rings (SSSR count). The lowest BCUT2D eigenvalue weighted by molar-refractivity contribution is 0.174. The number of anilines is 1. The molecule has 94 valence electrons. The third-order valence-corrected chi connectivity index (χ3v) is 3.84. The molecule has 1 heterocycles. The number of hydrogen-bond acceptors (Lipinski definition) is 2. The van der Waals surface area contributed by atoms with Crippen LogP contribution in [0.25, 0.3) is 0 Å². The van der Waals surface area contributed by atoms with Crippen LogP contribution in [0.15, 0.2) is 24.3 Å². The van der Waals surface area contributed by atoms with Gasteiger partial charge in [-0.05, 0) is 31.7 Å². The van der Waals surface area contributed by atoms with E-state index in [-0.39, 0.29) is 6.10 Å². The van der Waals surface area contributed by atoms with Gasteiger partial charge in [-0.25, -0.2) is 0 Å². The van der Waals surface area contributed by atoms with E-state index in [9.17, 15) is 5.11 Å². The molecule has 0 bridgehead atoms. The molecule has 2 nitrogen and oxygen atoms in total. The summed E-state index contributed by atoms with van der Waals surface area (Å²) < 4.78 is 0. The van der Waals surface area contributed by atoms with Crippen LogP contribution >= 0.6 is 0 Å². The quantitative estimate of drug-likeness (QED) is 0.860. The number of nitrogens with zero attached hydrogens (tertiary/aromatic N) is 1. The van der Waals surface area contributed by atoms with Crippen molar-refractivity contribution in [2.24, 2.45) is 0 Å². The fourth-order valence-corrected chi connectivity index (χ4v) is 2.83. The second kappa shape index (κ2) is 5.54. The van der Waals surface area contributed by atoms with Crippen molar-refractivity contribution < 1.29 is 5.11 Å². The Balaban J connectivity index is 2.31. The zero-order valence-corrected chi connectivity index (χ0v) is 10.9. The molecule has 1 aliphatic heterocycles. The summed E-state index contributed by atoms with van der Waals surface area (Å²) in [5.74, 6) is 0. The Hall–Kier alpha value is -1.02. The summed E-state index contributed by atoms with van der Waals surface area (Å²) in [6.45, 7) is 5.41. The van der Waals surface area contributed by atoms with Gasteiger partial charge in [0, 0.05) is 23.8 Å². The molecule has 0 spiro atoms. The van der Waals surface area contributed by atoms with Crippen LogP contribution < -0.4 is 4.90 Å². The Morgan fingerprint density at radius 2 is 2.12 bits per heavy atom. The zero-order chi connectivity index (χ0) is 12.3. The first kappa shape index (κ1) is 12.4. The number of hydrogen-bond donors (Lipinski definition) is 1. The number of para-hydroxylation sites is 1. The van der Waals surface area contributed by atoms with Gasteiger partial charge in [0.15, 0.2) is 0 Å². The molecule has 1 saturated heterocycles. The van der Waals surface area contributed by atoms with Gasteiger partial charge in [-0.15, -0.1) is 0 Å². The standard InChI is InChI=1S/C15H23NO/c1-3-12-8-7-11-16(12)14-10-6-5-9-13(14)15(17)4-2/h5-6,9-10,12,15,17H,3-4,7-8,11H2,1-2H3. The van der Waals surface area contributed by atoms with Gasteiger partial charge in [0.25, 0.3) is 0 Å². The van der Waals surface area contributed by atoms with Crippen LogP contribution in [0.2, 0.25) is 0 Å². The maximum atomic E-state index is 10.1. The summed E-state index contributed by atoms with van der Waals surface area (Å²) in [7, 11) is 0. The van der Waals surface area contributed by atoms with Gasteiger partial charge in [-0.3, -0.25) is 0 Å². The van der Waals surface area contributed by atoms with Crippen molar-refractivity contribution in [2.45, 2.75) is 51.7 Å². The van der Waals surface area contributed by atoms with Gasteiger partial charge in [-0.2, -0.15) is 0 Å². The van der Waals surface area contributed by atoms with Gasteiger partial charge in [0.2, 0.25) is 0 Å². The Bertz CT molecular complexity index is 364. The van der Waals surface area contributed by atoms with Crippen molar-refractivity contribution in [3.63, 3.8) is 0 Å². The summed E-state index contributed by atoms with van der Waals surface area (Å²) in [4.78, 5) is 2.48. The highest BCUT2D eigenvalue weighted by Crippen LogP contribution is 2.33. The topological polar surface area (TPSA) is 23.5 Å². The SMILES string of the molecule is CCC(O)c1ccccc1N1CCCC1CC. The zero-order valence-electron chi connectivity index (χ0n) is 10.9. The lowest BCUT2D eigenvalue weighted by Crippen LogP contribution is -2.29. The molecule has 17 heavy (non-hydrogen) atoms. The average Bonchev–Trinajstić information content (AvgIpc) is 2.86. The van der Waals surface area contributed by atoms with Crippen molar-refractivity contribution >= 4 is 5.69 Å². The molecule has 0 amide bonds. The molecular formula is C15H23NO. The van der Waals surface area contributed by atoms with Gasteiger partial charge in [0.1, 0.15) is 0 Å². The monoisotopic (exact) mass is 233 g/mol. The summed E-state index contributed by atoms with van der Waals surface area (Å²) >= 11 is 0. The van der Waals surface area contributed by atoms with E-state index >= 15 is 0 Å². The smallest absolute Gasteiger partial charge is 0.0807 e. The maximum Gasteiger partial charge on any atom is 0.0807 e. The minimum absolute atomic E-state index is 0.329. The van der Waals surface area contributed by atoms with Crippen LogP contribution in [0.3, 0.4) is 0 Å². The van der Waals surface area contributed by atoms with Crippen LogP contribution in [-0.2, 0) is 0 Å². The molecule has 0 aromatic heterocycles. The van der Waals surface area contributed by atoms with E-state index in [0.29, 0.717) is 6.04 Å². The van der Waals surface area contributed by atoms with E-state index < -0.39 is 0 Å². The predicted octanol–water partition coefficient (Wildman–Crippen LogP) is 3.51. The van der Waals surface area contributed by atoms with Gasteiger partial charge in [0.05, 0.1) is 6.10 Å². The molecule has 1 aliphatic rings. The second-order valence-corrected chi connectivity index (χ2v) is 4.88. The van der Waals surface area contributed by atoms with Crippen molar-refractivity contribution in [3.05, 3.63) is 29.8 Å². The summed E-state index contributed by atoms with van der Waals surface area (Å²) in [5.41, 5.74) is 2.33. The molecule has 1 aromatic rings. The van der Waals surface area contributed by atoms with E-state index in [2.05, 4.69) is 30.0 Å². The molecule has 2 atom stereocenters. The third kappa shape index (κ3) is 2.47. The Kier molecular flexibility index (Phi) is 4.06. The lowest BCUT2D eigenvalue weighted by atomic mass is 10.0. The van der Waals surface area contributed by atoms with Crippen LogP contribution in [-0.4, -0.2) is 17.7 Å². The lowest BCUT2D eigenvalue weighted by Gasteiger charge is -2.29. The number of benzene rings is 1. The Morgan fingerprint density at radius 1 is 1.35 bits per heavy atom. The molecule has 1 fully saturated rings. The maximum absolute atomic E-state index is 10.1. The molecule has 2 heteroatoms. The van der Waals surface area contributed by atoms with Gasteiger partial charge in [-0.1, -0.05) is 32.0 Å². The van der Waals surface area contributed by atoms with E-state index in [0.717, 1.165) is 18.5 Å². The fraction of sp³-hybridized carbons (Fsp3) is 0.600. The number of rotatable bonds is 4. The van der Waals surface area contributed by atoms with Crippen LogP contribution in [0.4, 0.5) is 5.69 Å². The van der Waals surface area contributed by atoms with E-state index in [1.54, 1.807) is 0 Å². The van der Waals surface area contributed by atoms with Crippen molar-refractivity contribution in [1.29, 1.82) is 0 Å². The molecule has 1 N–H and O–H groups in total. The Labute approximate surface area is 104 Å². The van der Waals surface area contributed by atoms with Crippen LogP contribution in [0, 0.1) is 0 Å². The highest BCUT2D eigenvalue weighted by molar-refractivity contribution is 5.56. The first-order valence-electron chi connectivity index (χ1n) is 6.81. The normalized spacial score (nSPS) is 21.8. The molecule has 0 aliphatic carbocycles. The number of aliphatic hydroxyl groups excluding tert-OH is 1. The van der Waals surface area contributed by atoms with Gasteiger partial charge >= 0.3 is 0 Å². The van der Waals surface area contributed by atoms with E-state index in [1.165, 1.54) is 24.9 Å². The first-order chi connectivity index (χ1) is 8.27. The van der Waals surface area contributed by atoms with Crippen molar-refractivity contribution in [2.75, 3.05) is 11.4 Å². The highest BCUT2D eigenvalue weighted by Gasteiger charge is 2.25. The predicted molar refractivity (Wildman–Crippen MR) is 72.4 cm³/mol. The largest absolute Gasteiger partial charge is 0.388 e. The minimum atomic E-state index is -0.329. The third-order valence-electron chi connectivity index (χ3n) is 3.84. The fourth-order valence-electron chi connectivity index (χ4n) is 2.83. The van der Waals surface area contributed by atoms with Gasteiger partial charge < -0.3 is 10.0 Å². The van der Waals surface area contributed by atoms with Crippen molar-refractivity contribution in [1.82, 2.24) is 0 Å². The molecule has 1 aromatic carbocycles. The molecule has 2 unspecified atom stereocenters. The average molecular weight is 233 g/mol. The highest BCUT2D eigenvalue weighted by atomic mass is 16.3. The van der Waals surface area contributed by atoms with Crippen LogP contribution in [0.5, 0.6) is 0 Å². The Morgan fingerprint density at radius 3 is 2.82 bits per heavy atom. The number of aliphatic hydroxyl groups is 1. The molecule has 0 radical (unpaired) electrons. The summed E-state index contributed by atoms with van der Waals surface area (Å²) in [6.07, 6.45) is 4.20. The molecular weight excluding hydrogens is 210 g/mol.